The van der Waals surface area contributed by atoms with E-state index in [1.165, 1.54) is 12.1 Å². The molecule has 1 aromatic heterocycles. The number of hydrogen-bond acceptors (Lipinski definition) is 3. The predicted molar refractivity (Wildman–Crippen MR) is 101 cm³/mol. The Kier molecular flexibility index (Phi) is 5.30. The number of likely N-dealkylation sites (N-methyl/N-ethyl adjacent to an activating group) is 1. The van der Waals surface area contributed by atoms with E-state index in [0.29, 0.717) is 17.2 Å². The molecule has 1 atom stereocenters. The molecule has 3 aromatic rings. The minimum atomic E-state index is -0.321. The SMILES string of the molecule is Cc1c(C(=O)NCC(c2cccc(F)c2)N(C)C)oc2c(Cl)cccc12. The molecule has 0 aliphatic heterocycles. The van der Waals surface area contributed by atoms with Crippen molar-refractivity contribution in [1.82, 2.24) is 10.2 Å². The minimum Gasteiger partial charge on any atom is -0.449 e. The monoisotopic (exact) mass is 374 g/mol. The first-order valence-corrected chi connectivity index (χ1v) is 8.64. The molecule has 1 heterocycles. The standard InChI is InChI=1S/C20H20ClFN2O2/c1-12-15-8-5-9-16(21)19(15)26-18(12)20(25)23-11-17(24(2)3)13-6-4-7-14(22)10-13/h4-10,17H,11H2,1-3H3,(H,23,25). The zero-order valence-electron chi connectivity index (χ0n) is 14.8. The van der Waals surface area contributed by atoms with E-state index in [0.717, 1.165) is 16.5 Å². The van der Waals surface area contributed by atoms with Gasteiger partial charge in [-0.15, -0.1) is 0 Å². The molecule has 4 nitrogen and oxygen atoms in total. The average Bonchev–Trinajstić information content (AvgIpc) is 2.93. The van der Waals surface area contributed by atoms with Gasteiger partial charge in [-0.3, -0.25) is 4.79 Å². The van der Waals surface area contributed by atoms with E-state index >= 15 is 0 Å². The summed E-state index contributed by atoms with van der Waals surface area (Å²) in [6, 6.07) is 11.6. The number of rotatable bonds is 5. The molecule has 0 saturated carbocycles. The maximum atomic E-state index is 13.5. The molecule has 0 saturated heterocycles. The molecule has 0 radical (unpaired) electrons. The number of fused-ring (bicyclic) bond motifs is 1. The van der Waals surface area contributed by atoms with Crippen molar-refractivity contribution in [2.75, 3.05) is 20.6 Å². The molecule has 0 aliphatic rings. The Morgan fingerprint density at radius 2 is 2.00 bits per heavy atom. The number of hydrogen-bond donors (Lipinski definition) is 1. The fraction of sp³-hybridized carbons (Fsp3) is 0.250. The Bertz CT molecular complexity index is 952. The highest BCUT2D eigenvalue weighted by molar-refractivity contribution is 6.35. The van der Waals surface area contributed by atoms with Gasteiger partial charge in [0.25, 0.3) is 5.91 Å². The van der Waals surface area contributed by atoms with Gasteiger partial charge in [-0.25, -0.2) is 4.39 Å². The van der Waals surface area contributed by atoms with Crippen LogP contribution in [0.3, 0.4) is 0 Å². The molecule has 26 heavy (non-hydrogen) atoms. The van der Waals surface area contributed by atoms with Crippen molar-refractivity contribution in [1.29, 1.82) is 0 Å². The molecule has 1 unspecified atom stereocenters. The number of furan rings is 1. The van der Waals surface area contributed by atoms with Gasteiger partial charge in [0.15, 0.2) is 11.3 Å². The number of para-hydroxylation sites is 1. The molecular formula is C20H20ClFN2O2. The van der Waals surface area contributed by atoms with Gasteiger partial charge in [0.1, 0.15) is 5.82 Å². The van der Waals surface area contributed by atoms with E-state index in [1.54, 1.807) is 12.1 Å². The summed E-state index contributed by atoms with van der Waals surface area (Å²) in [6.45, 7) is 2.15. The number of amides is 1. The Hall–Kier alpha value is -2.37. The lowest BCUT2D eigenvalue weighted by molar-refractivity contribution is 0.0915. The molecule has 1 amide bonds. The second-order valence-electron chi connectivity index (χ2n) is 6.42. The molecule has 136 valence electrons. The van der Waals surface area contributed by atoms with E-state index in [1.807, 2.05) is 44.1 Å². The molecular weight excluding hydrogens is 355 g/mol. The fourth-order valence-corrected chi connectivity index (χ4v) is 3.22. The quantitative estimate of drug-likeness (QED) is 0.711. The molecule has 1 N–H and O–H groups in total. The van der Waals surface area contributed by atoms with E-state index in [9.17, 15) is 9.18 Å². The number of nitrogens with one attached hydrogen (secondary N) is 1. The van der Waals surface area contributed by atoms with Gasteiger partial charge in [-0.2, -0.15) is 0 Å². The van der Waals surface area contributed by atoms with Crippen LogP contribution in [0.25, 0.3) is 11.0 Å². The van der Waals surface area contributed by atoms with Crippen LogP contribution in [-0.4, -0.2) is 31.4 Å². The van der Waals surface area contributed by atoms with Gasteiger partial charge < -0.3 is 14.6 Å². The summed E-state index contributed by atoms with van der Waals surface area (Å²) in [6.07, 6.45) is 0. The molecule has 0 spiro atoms. The van der Waals surface area contributed by atoms with Crippen LogP contribution < -0.4 is 5.32 Å². The summed E-state index contributed by atoms with van der Waals surface area (Å²) in [5.41, 5.74) is 2.04. The maximum absolute atomic E-state index is 13.5. The maximum Gasteiger partial charge on any atom is 0.287 e. The summed E-state index contributed by atoms with van der Waals surface area (Å²) in [5.74, 6) is -0.383. The average molecular weight is 375 g/mol. The lowest BCUT2D eigenvalue weighted by atomic mass is 10.1. The zero-order chi connectivity index (χ0) is 18.8. The van der Waals surface area contributed by atoms with Crippen molar-refractivity contribution in [3.05, 3.63) is 70.2 Å². The molecule has 0 aliphatic carbocycles. The van der Waals surface area contributed by atoms with Crippen molar-refractivity contribution in [3.63, 3.8) is 0 Å². The van der Waals surface area contributed by atoms with Crippen LogP contribution in [0, 0.1) is 12.7 Å². The van der Waals surface area contributed by atoms with Crippen molar-refractivity contribution < 1.29 is 13.6 Å². The van der Waals surface area contributed by atoms with E-state index < -0.39 is 0 Å². The summed E-state index contributed by atoms with van der Waals surface area (Å²) < 4.78 is 19.2. The lowest BCUT2D eigenvalue weighted by Crippen LogP contribution is -2.34. The van der Waals surface area contributed by atoms with Crippen LogP contribution in [0.5, 0.6) is 0 Å². The third-order valence-electron chi connectivity index (χ3n) is 4.43. The Morgan fingerprint density at radius 1 is 1.27 bits per heavy atom. The Morgan fingerprint density at radius 3 is 2.65 bits per heavy atom. The Labute approximate surface area is 156 Å². The number of carbonyl (C=O) groups is 1. The second-order valence-corrected chi connectivity index (χ2v) is 6.82. The van der Waals surface area contributed by atoms with Gasteiger partial charge in [0.05, 0.1) is 11.1 Å². The first-order valence-electron chi connectivity index (χ1n) is 8.26. The van der Waals surface area contributed by atoms with Crippen LogP contribution in [0.4, 0.5) is 4.39 Å². The Balaban J connectivity index is 1.81. The van der Waals surface area contributed by atoms with Gasteiger partial charge in [-0.05, 0) is 44.8 Å². The van der Waals surface area contributed by atoms with Crippen molar-refractivity contribution in [2.45, 2.75) is 13.0 Å². The van der Waals surface area contributed by atoms with Crippen LogP contribution in [0.15, 0.2) is 46.9 Å². The third-order valence-corrected chi connectivity index (χ3v) is 4.73. The van der Waals surface area contributed by atoms with E-state index in [-0.39, 0.29) is 23.5 Å². The number of benzene rings is 2. The third kappa shape index (κ3) is 3.59. The highest BCUT2D eigenvalue weighted by Crippen LogP contribution is 2.30. The van der Waals surface area contributed by atoms with Gasteiger partial charge in [-0.1, -0.05) is 35.9 Å². The van der Waals surface area contributed by atoms with Crippen LogP contribution >= 0.6 is 11.6 Å². The van der Waals surface area contributed by atoms with Gasteiger partial charge in [0, 0.05) is 17.5 Å². The predicted octanol–water partition coefficient (Wildman–Crippen LogP) is 4.57. The topological polar surface area (TPSA) is 45.5 Å². The molecule has 3 rings (SSSR count). The van der Waals surface area contributed by atoms with Crippen LogP contribution in [0.1, 0.15) is 27.7 Å². The minimum absolute atomic E-state index is 0.164. The molecule has 0 fully saturated rings. The smallest absolute Gasteiger partial charge is 0.287 e. The summed E-state index contributed by atoms with van der Waals surface area (Å²) in [7, 11) is 3.77. The summed E-state index contributed by atoms with van der Waals surface area (Å²) in [4.78, 5) is 14.6. The number of halogens is 2. The van der Waals surface area contributed by atoms with E-state index in [4.69, 9.17) is 16.0 Å². The van der Waals surface area contributed by atoms with Crippen molar-refractivity contribution in [3.8, 4) is 0 Å². The number of aryl methyl sites for hydroxylation is 1. The summed E-state index contributed by atoms with van der Waals surface area (Å²) >= 11 is 6.14. The largest absolute Gasteiger partial charge is 0.449 e. The van der Waals surface area contributed by atoms with Gasteiger partial charge in [0.2, 0.25) is 0 Å². The van der Waals surface area contributed by atoms with Gasteiger partial charge >= 0.3 is 0 Å². The highest BCUT2D eigenvalue weighted by atomic mass is 35.5. The van der Waals surface area contributed by atoms with E-state index in [2.05, 4.69) is 5.32 Å². The van der Waals surface area contributed by atoms with Crippen molar-refractivity contribution >= 4 is 28.5 Å². The normalized spacial score (nSPS) is 12.5. The first kappa shape index (κ1) is 18.4. The molecule has 0 bridgehead atoms. The highest BCUT2D eigenvalue weighted by Gasteiger charge is 2.21. The zero-order valence-corrected chi connectivity index (χ0v) is 15.6. The van der Waals surface area contributed by atoms with Crippen LogP contribution in [-0.2, 0) is 0 Å². The number of carbonyl (C=O) groups excluding carboxylic acids is 1. The first-order chi connectivity index (χ1) is 12.4. The lowest BCUT2D eigenvalue weighted by Gasteiger charge is -2.25. The number of nitrogens with zero attached hydrogens (tertiary/aromatic N) is 1. The summed E-state index contributed by atoms with van der Waals surface area (Å²) in [5, 5.41) is 4.16. The fourth-order valence-electron chi connectivity index (χ4n) is 3.01. The molecule has 2 aromatic carbocycles. The van der Waals surface area contributed by atoms with Crippen molar-refractivity contribution in [2.24, 2.45) is 0 Å². The molecule has 6 heteroatoms. The second kappa shape index (κ2) is 7.48. The van der Waals surface area contributed by atoms with Crippen LogP contribution in [0.2, 0.25) is 5.02 Å².